The Balaban J connectivity index is 2.34. The molecule has 0 aliphatic carbocycles. The molecule has 0 radical (unpaired) electrons. The molecule has 0 spiro atoms. The third-order valence-corrected chi connectivity index (χ3v) is 4.39. The van der Waals surface area contributed by atoms with Gasteiger partial charge in [-0.15, -0.1) is 0 Å². The number of benzene rings is 1. The van der Waals surface area contributed by atoms with Crippen molar-refractivity contribution in [3.05, 3.63) is 35.4 Å². The summed E-state index contributed by atoms with van der Waals surface area (Å²) in [4.78, 5) is 0. The molecule has 1 rings (SSSR count). The molecule has 1 unspecified atom stereocenters. The largest absolute Gasteiger partial charge is 0.323 e. The van der Waals surface area contributed by atoms with E-state index < -0.39 is 0 Å². The minimum atomic E-state index is 0.179. The summed E-state index contributed by atoms with van der Waals surface area (Å²) in [6.07, 6.45) is 3.95. The second kappa shape index (κ2) is 8.60. The first-order valence-corrected chi connectivity index (χ1v) is 8.23. The molecular formula is C16H27NS. The summed E-state index contributed by atoms with van der Waals surface area (Å²) in [5.41, 5.74) is 8.87. The Morgan fingerprint density at radius 3 is 2.22 bits per heavy atom. The molecule has 0 aliphatic rings. The zero-order valence-electron chi connectivity index (χ0n) is 12.0. The van der Waals surface area contributed by atoms with Gasteiger partial charge in [-0.05, 0) is 29.2 Å². The highest BCUT2D eigenvalue weighted by molar-refractivity contribution is 7.99. The van der Waals surface area contributed by atoms with E-state index in [1.807, 2.05) is 11.8 Å². The molecule has 1 aromatic carbocycles. The van der Waals surface area contributed by atoms with Crippen LogP contribution in [0.15, 0.2) is 24.3 Å². The Morgan fingerprint density at radius 2 is 1.67 bits per heavy atom. The van der Waals surface area contributed by atoms with Crippen LogP contribution in [0.3, 0.4) is 0 Å². The molecule has 0 saturated carbocycles. The van der Waals surface area contributed by atoms with Gasteiger partial charge in [-0.2, -0.15) is 11.8 Å². The summed E-state index contributed by atoms with van der Waals surface area (Å²) in [7, 11) is 0. The lowest BCUT2D eigenvalue weighted by Gasteiger charge is -2.13. The van der Waals surface area contributed by atoms with Crippen LogP contribution in [0.2, 0.25) is 0 Å². The van der Waals surface area contributed by atoms with Crippen LogP contribution >= 0.6 is 11.8 Å². The predicted molar refractivity (Wildman–Crippen MR) is 84.3 cm³/mol. The topological polar surface area (TPSA) is 26.0 Å². The molecule has 0 bridgehead atoms. The van der Waals surface area contributed by atoms with Crippen molar-refractivity contribution in [2.45, 2.75) is 52.0 Å². The van der Waals surface area contributed by atoms with Crippen LogP contribution in [0.5, 0.6) is 0 Å². The molecule has 0 fully saturated rings. The zero-order valence-corrected chi connectivity index (χ0v) is 12.8. The average molecular weight is 265 g/mol. The monoisotopic (exact) mass is 265 g/mol. The van der Waals surface area contributed by atoms with Gasteiger partial charge in [0.1, 0.15) is 0 Å². The van der Waals surface area contributed by atoms with Crippen LogP contribution in [0, 0.1) is 0 Å². The zero-order chi connectivity index (χ0) is 13.4. The van der Waals surface area contributed by atoms with Gasteiger partial charge in [-0.1, -0.05) is 57.9 Å². The number of nitrogens with two attached hydrogens (primary N) is 1. The number of rotatable bonds is 8. The third kappa shape index (κ3) is 5.45. The maximum atomic E-state index is 6.22. The fourth-order valence-electron chi connectivity index (χ4n) is 1.89. The maximum Gasteiger partial charge on any atom is 0.0386 e. The lowest BCUT2D eigenvalue weighted by molar-refractivity contribution is 0.775. The van der Waals surface area contributed by atoms with Crippen LogP contribution in [0.25, 0.3) is 0 Å². The van der Waals surface area contributed by atoms with Crippen LogP contribution in [0.4, 0.5) is 0 Å². The first-order valence-electron chi connectivity index (χ1n) is 7.08. The number of hydrogen-bond donors (Lipinski definition) is 1. The van der Waals surface area contributed by atoms with Gasteiger partial charge in [0.05, 0.1) is 0 Å². The molecule has 0 amide bonds. The third-order valence-electron chi connectivity index (χ3n) is 3.22. The van der Waals surface area contributed by atoms with E-state index in [1.165, 1.54) is 36.1 Å². The Labute approximate surface area is 117 Å². The summed E-state index contributed by atoms with van der Waals surface area (Å²) >= 11 is 1.98. The lowest BCUT2D eigenvalue weighted by Crippen LogP contribution is -2.13. The Hall–Kier alpha value is -0.470. The van der Waals surface area contributed by atoms with Crippen molar-refractivity contribution in [2.24, 2.45) is 5.73 Å². The van der Waals surface area contributed by atoms with E-state index in [1.54, 1.807) is 0 Å². The molecule has 2 N–H and O–H groups in total. The van der Waals surface area contributed by atoms with E-state index in [4.69, 9.17) is 5.73 Å². The predicted octanol–water partition coefficient (Wildman–Crippen LogP) is 4.73. The van der Waals surface area contributed by atoms with Gasteiger partial charge in [0, 0.05) is 11.8 Å². The normalized spacial score (nSPS) is 12.9. The molecule has 1 atom stereocenters. The summed E-state index contributed by atoms with van der Waals surface area (Å²) in [6, 6.07) is 8.97. The minimum absolute atomic E-state index is 0.179. The summed E-state index contributed by atoms with van der Waals surface area (Å²) in [6.45, 7) is 6.68. The van der Waals surface area contributed by atoms with Gasteiger partial charge in [0.25, 0.3) is 0 Å². The molecule has 2 heteroatoms. The van der Waals surface area contributed by atoms with Gasteiger partial charge in [-0.3, -0.25) is 0 Å². The van der Waals surface area contributed by atoms with E-state index in [2.05, 4.69) is 45.0 Å². The molecule has 102 valence electrons. The highest BCUT2D eigenvalue weighted by Gasteiger charge is 2.06. The molecule has 0 aliphatic heterocycles. The first-order chi connectivity index (χ1) is 8.65. The Kier molecular flexibility index (Phi) is 7.45. The van der Waals surface area contributed by atoms with Crippen LogP contribution < -0.4 is 5.73 Å². The number of hydrogen-bond acceptors (Lipinski definition) is 2. The second-order valence-electron chi connectivity index (χ2n) is 5.21. The van der Waals surface area contributed by atoms with E-state index in [-0.39, 0.29) is 6.04 Å². The van der Waals surface area contributed by atoms with Gasteiger partial charge in [0.15, 0.2) is 0 Å². The fraction of sp³-hybridized carbons (Fsp3) is 0.625. The lowest BCUT2D eigenvalue weighted by atomic mass is 10.00. The molecule has 0 heterocycles. The van der Waals surface area contributed by atoms with Gasteiger partial charge in [-0.25, -0.2) is 0 Å². The Morgan fingerprint density at radius 1 is 1.06 bits per heavy atom. The van der Waals surface area contributed by atoms with E-state index in [9.17, 15) is 0 Å². The van der Waals surface area contributed by atoms with Crippen molar-refractivity contribution in [2.75, 3.05) is 11.5 Å². The molecule has 18 heavy (non-hydrogen) atoms. The van der Waals surface area contributed by atoms with E-state index in [0.717, 1.165) is 5.75 Å². The van der Waals surface area contributed by atoms with E-state index >= 15 is 0 Å². The molecule has 0 saturated heterocycles. The summed E-state index contributed by atoms with van der Waals surface area (Å²) < 4.78 is 0. The second-order valence-corrected chi connectivity index (χ2v) is 6.36. The summed E-state index contributed by atoms with van der Waals surface area (Å²) in [5.74, 6) is 2.87. The first kappa shape index (κ1) is 15.6. The molecule has 0 aromatic heterocycles. The van der Waals surface area contributed by atoms with Gasteiger partial charge in [0.2, 0.25) is 0 Å². The quantitative estimate of drug-likeness (QED) is 0.687. The fourth-order valence-corrected chi connectivity index (χ4v) is 2.91. The minimum Gasteiger partial charge on any atom is -0.323 e. The van der Waals surface area contributed by atoms with Crippen molar-refractivity contribution in [1.29, 1.82) is 0 Å². The maximum absolute atomic E-state index is 6.22. The van der Waals surface area contributed by atoms with Crippen molar-refractivity contribution in [3.8, 4) is 0 Å². The molecule has 1 nitrogen and oxygen atoms in total. The van der Waals surface area contributed by atoms with Crippen molar-refractivity contribution in [3.63, 3.8) is 0 Å². The average Bonchev–Trinajstić information content (AvgIpc) is 2.38. The molecular weight excluding hydrogens is 238 g/mol. The number of unbranched alkanes of at least 4 members (excludes halogenated alkanes) is 2. The highest BCUT2D eigenvalue weighted by Crippen LogP contribution is 2.20. The Bertz CT molecular complexity index is 318. The van der Waals surface area contributed by atoms with Gasteiger partial charge >= 0.3 is 0 Å². The smallest absolute Gasteiger partial charge is 0.0386 e. The highest BCUT2D eigenvalue weighted by atomic mass is 32.2. The number of thioether (sulfide) groups is 1. The van der Waals surface area contributed by atoms with E-state index in [0.29, 0.717) is 5.92 Å². The van der Waals surface area contributed by atoms with Crippen molar-refractivity contribution in [1.82, 2.24) is 0 Å². The van der Waals surface area contributed by atoms with Crippen molar-refractivity contribution < 1.29 is 0 Å². The SMILES string of the molecule is CCCCCSCC(N)c1ccc(C(C)C)cc1. The standard InChI is InChI=1S/C16H27NS/c1-4-5-6-11-18-12-16(17)15-9-7-14(8-10-15)13(2)3/h7-10,13,16H,4-6,11-12,17H2,1-3H3. The van der Waals surface area contributed by atoms with Crippen LogP contribution in [0.1, 0.15) is 63.1 Å². The molecule has 1 aromatic rings. The summed E-state index contributed by atoms with van der Waals surface area (Å²) in [5, 5.41) is 0. The van der Waals surface area contributed by atoms with Crippen molar-refractivity contribution >= 4 is 11.8 Å². The van der Waals surface area contributed by atoms with Crippen LogP contribution in [-0.4, -0.2) is 11.5 Å². The van der Waals surface area contributed by atoms with Crippen LogP contribution in [-0.2, 0) is 0 Å². The van der Waals surface area contributed by atoms with Gasteiger partial charge < -0.3 is 5.73 Å².